The Labute approximate surface area is 159 Å². The quantitative estimate of drug-likeness (QED) is 0.710. The Kier molecular flexibility index (Phi) is 5.05. The van der Waals surface area contributed by atoms with Crippen molar-refractivity contribution in [2.75, 3.05) is 5.32 Å². The van der Waals surface area contributed by atoms with Gasteiger partial charge in [0.05, 0.1) is 5.69 Å². The van der Waals surface area contributed by atoms with Crippen LogP contribution in [0.2, 0.25) is 0 Å². The molecule has 1 saturated carbocycles. The molecule has 2 aromatic heterocycles. The van der Waals surface area contributed by atoms with E-state index in [0.29, 0.717) is 11.5 Å². The second-order valence-electron chi connectivity index (χ2n) is 7.36. The lowest BCUT2D eigenvalue weighted by molar-refractivity contribution is 0.102. The normalized spacial score (nSPS) is 15.0. The Morgan fingerprint density at radius 1 is 1.19 bits per heavy atom. The number of rotatable bonds is 5. The molecular weight excluding hydrogens is 338 g/mol. The van der Waals surface area contributed by atoms with E-state index in [0.717, 1.165) is 29.4 Å². The Morgan fingerprint density at radius 2 is 1.96 bits per heavy atom. The van der Waals surface area contributed by atoms with E-state index in [1.165, 1.54) is 32.1 Å². The molecule has 1 fully saturated rings. The summed E-state index contributed by atoms with van der Waals surface area (Å²) in [5.41, 5.74) is 3.31. The number of hydrogen-bond acceptors (Lipinski definition) is 3. The number of carbonyl (C=O) groups excluding carboxylic acids is 1. The van der Waals surface area contributed by atoms with Gasteiger partial charge >= 0.3 is 0 Å². The molecule has 0 radical (unpaired) electrons. The average Bonchev–Trinajstić information content (AvgIpc) is 3.30. The first-order valence-electron chi connectivity index (χ1n) is 9.67. The average molecular weight is 363 g/mol. The molecule has 6 heteroatoms. The standard InChI is InChI=1S/C21H25N5O/c1-15-12-19(25-26(15)18-10-6-3-7-11-18)21(27)22-20-14-17(23-24-20)13-16-8-4-2-5-9-16/h3,6-7,10-12,14,16H,2,4-5,8-9,13H2,1H3,(H2,22,23,24,27). The molecule has 2 N–H and O–H groups in total. The summed E-state index contributed by atoms with van der Waals surface area (Å²) < 4.78 is 1.77. The summed E-state index contributed by atoms with van der Waals surface area (Å²) in [6.45, 7) is 1.94. The van der Waals surface area contributed by atoms with Gasteiger partial charge in [-0.2, -0.15) is 10.2 Å². The van der Waals surface area contributed by atoms with Crippen molar-refractivity contribution >= 4 is 11.7 Å². The Hall–Kier alpha value is -2.89. The number of aromatic nitrogens is 4. The van der Waals surface area contributed by atoms with Crippen LogP contribution in [0.25, 0.3) is 5.69 Å². The van der Waals surface area contributed by atoms with Gasteiger partial charge in [0, 0.05) is 17.5 Å². The van der Waals surface area contributed by atoms with E-state index in [-0.39, 0.29) is 5.91 Å². The fourth-order valence-corrected chi connectivity index (χ4v) is 3.83. The lowest BCUT2D eigenvalue weighted by atomic mass is 9.86. The van der Waals surface area contributed by atoms with Crippen molar-refractivity contribution in [3.8, 4) is 5.69 Å². The SMILES string of the molecule is Cc1cc(C(=O)Nc2cc(CC3CCCCC3)[nH]n2)nn1-c1ccccc1. The molecule has 0 saturated heterocycles. The van der Waals surface area contributed by atoms with E-state index in [1.807, 2.05) is 43.3 Å². The Morgan fingerprint density at radius 3 is 2.74 bits per heavy atom. The van der Waals surface area contributed by atoms with Crippen molar-refractivity contribution in [1.82, 2.24) is 20.0 Å². The minimum atomic E-state index is -0.247. The number of carbonyl (C=O) groups is 1. The van der Waals surface area contributed by atoms with Crippen LogP contribution in [0.1, 0.15) is 54.0 Å². The molecule has 1 aliphatic rings. The van der Waals surface area contributed by atoms with E-state index in [1.54, 1.807) is 10.7 Å². The van der Waals surface area contributed by atoms with Gasteiger partial charge in [0.15, 0.2) is 11.5 Å². The third kappa shape index (κ3) is 4.10. The number of hydrogen-bond donors (Lipinski definition) is 2. The van der Waals surface area contributed by atoms with Crippen molar-refractivity contribution in [2.45, 2.75) is 45.4 Å². The molecule has 4 rings (SSSR count). The van der Waals surface area contributed by atoms with Gasteiger partial charge in [-0.25, -0.2) is 4.68 Å². The van der Waals surface area contributed by atoms with Crippen LogP contribution >= 0.6 is 0 Å². The first-order chi connectivity index (χ1) is 13.2. The number of benzene rings is 1. The molecule has 6 nitrogen and oxygen atoms in total. The van der Waals surface area contributed by atoms with Crippen molar-refractivity contribution in [3.63, 3.8) is 0 Å². The summed E-state index contributed by atoms with van der Waals surface area (Å²) in [4.78, 5) is 12.6. The Balaban J connectivity index is 1.42. The summed E-state index contributed by atoms with van der Waals surface area (Å²) in [5, 5.41) is 14.6. The zero-order valence-corrected chi connectivity index (χ0v) is 15.6. The number of para-hydroxylation sites is 1. The molecule has 140 valence electrons. The van der Waals surface area contributed by atoms with Crippen molar-refractivity contribution in [2.24, 2.45) is 5.92 Å². The van der Waals surface area contributed by atoms with Crippen LogP contribution in [0, 0.1) is 12.8 Å². The molecule has 3 aromatic rings. The largest absolute Gasteiger partial charge is 0.304 e. The zero-order chi connectivity index (χ0) is 18.6. The lowest BCUT2D eigenvalue weighted by Gasteiger charge is -2.20. The smallest absolute Gasteiger partial charge is 0.277 e. The van der Waals surface area contributed by atoms with Crippen LogP contribution < -0.4 is 5.32 Å². The summed E-state index contributed by atoms with van der Waals surface area (Å²) >= 11 is 0. The fourth-order valence-electron chi connectivity index (χ4n) is 3.83. The van der Waals surface area contributed by atoms with Crippen LogP contribution in [-0.2, 0) is 6.42 Å². The van der Waals surface area contributed by atoms with Crippen LogP contribution in [-0.4, -0.2) is 25.9 Å². The number of anilines is 1. The maximum absolute atomic E-state index is 12.6. The van der Waals surface area contributed by atoms with Crippen molar-refractivity contribution < 1.29 is 4.79 Å². The fraction of sp³-hybridized carbons (Fsp3) is 0.381. The Bertz CT molecular complexity index is 906. The predicted molar refractivity (Wildman–Crippen MR) is 105 cm³/mol. The molecule has 1 aromatic carbocycles. The summed E-state index contributed by atoms with van der Waals surface area (Å²) in [6, 6.07) is 13.5. The first kappa shape index (κ1) is 17.5. The third-order valence-electron chi connectivity index (χ3n) is 5.23. The highest BCUT2D eigenvalue weighted by molar-refractivity contribution is 6.02. The van der Waals surface area contributed by atoms with Gasteiger partial charge in [0.2, 0.25) is 0 Å². The number of nitrogens with zero attached hydrogens (tertiary/aromatic N) is 3. The van der Waals surface area contributed by atoms with E-state index >= 15 is 0 Å². The van der Waals surface area contributed by atoms with Crippen LogP contribution in [0.3, 0.4) is 0 Å². The first-order valence-corrected chi connectivity index (χ1v) is 9.67. The number of nitrogens with one attached hydrogen (secondary N) is 2. The summed E-state index contributed by atoms with van der Waals surface area (Å²) in [5.74, 6) is 1.04. The summed E-state index contributed by atoms with van der Waals surface area (Å²) in [6.07, 6.45) is 7.59. The van der Waals surface area contributed by atoms with Crippen molar-refractivity contribution in [1.29, 1.82) is 0 Å². The molecule has 0 aliphatic heterocycles. The molecule has 0 unspecified atom stereocenters. The highest BCUT2D eigenvalue weighted by Crippen LogP contribution is 2.26. The number of amides is 1. The van der Waals surface area contributed by atoms with Gasteiger partial charge in [-0.1, -0.05) is 50.3 Å². The van der Waals surface area contributed by atoms with Crippen LogP contribution in [0.5, 0.6) is 0 Å². The highest BCUT2D eigenvalue weighted by atomic mass is 16.2. The minimum absolute atomic E-state index is 0.247. The van der Waals surface area contributed by atoms with Crippen molar-refractivity contribution in [3.05, 3.63) is 59.5 Å². The maximum Gasteiger partial charge on any atom is 0.277 e. The van der Waals surface area contributed by atoms with Gasteiger partial charge in [0.25, 0.3) is 5.91 Å². The molecule has 27 heavy (non-hydrogen) atoms. The van der Waals surface area contributed by atoms with Gasteiger partial charge in [-0.15, -0.1) is 0 Å². The van der Waals surface area contributed by atoms with Gasteiger partial charge in [-0.05, 0) is 37.5 Å². The molecule has 1 amide bonds. The number of aromatic amines is 1. The second kappa shape index (κ2) is 7.78. The lowest BCUT2D eigenvalue weighted by Crippen LogP contribution is -2.13. The van der Waals surface area contributed by atoms with Gasteiger partial charge in [-0.3, -0.25) is 9.89 Å². The van der Waals surface area contributed by atoms with Crippen LogP contribution in [0.15, 0.2) is 42.5 Å². The minimum Gasteiger partial charge on any atom is -0.304 e. The van der Waals surface area contributed by atoms with Crippen LogP contribution in [0.4, 0.5) is 5.82 Å². The molecule has 1 aliphatic carbocycles. The molecule has 0 spiro atoms. The van der Waals surface area contributed by atoms with E-state index in [9.17, 15) is 4.79 Å². The topological polar surface area (TPSA) is 75.6 Å². The van der Waals surface area contributed by atoms with E-state index in [4.69, 9.17) is 0 Å². The van der Waals surface area contributed by atoms with Gasteiger partial charge < -0.3 is 5.32 Å². The maximum atomic E-state index is 12.6. The number of aryl methyl sites for hydroxylation is 1. The molecule has 0 bridgehead atoms. The summed E-state index contributed by atoms with van der Waals surface area (Å²) in [7, 11) is 0. The van der Waals surface area contributed by atoms with E-state index in [2.05, 4.69) is 20.6 Å². The van der Waals surface area contributed by atoms with Gasteiger partial charge in [0.1, 0.15) is 0 Å². The monoisotopic (exact) mass is 363 g/mol. The predicted octanol–water partition coefficient (Wildman–Crippen LogP) is 4.28. The number of H-pyrrole nitrogens is 1. The molecule has 2 heterocycles. The third-order valence-corrected chi connectivity index (χ3v) is 5.23. The van der Waals surface area contributed by atoms with E-state index < -0.39 is 0 Å². The zero-order valence-electron chi connectivity index (χ0n) is 15.6. The molecular formula is C21H25N5O. The second-order valence-corrected chi connectivity index (χ2v) is 7.36. The molecule has 0 atom stereocenters. The highest BCUT2D eigenvalue weighted by Gasteiger charge is 2.17.